The molecule has 2 aromatic rings. The molecule has 2 aromatic heterocycles. The molecule has 33 heavy (non-hydrogen) atoms. The average molecular weight is 463 g/mol. The SMILES string of the molecule is CC(C)OC(=O)/C(=C/N=CN=C(N)c1cc(C2CC2)nc(C(F)(F)F)c1)c1ccc(F)nc1. The lowest BCUT2D eigenvalue weighted by Gasteiger charge is -2.10. The summed E-state index contributed by atoms with van der Waals surface area (Å²) in [6, 6.07) is 4.71. The van der Waals surface area contributed by atoms with Crippen LogP contribution < -0.4 is 5.73 Å². The number of carbonyl (C=O) groups is 1. The molecule has 1 saturated carbocycles. The van der Waals surface area contributed by atoms with Crippen LogP contribution in [-0.2, 0) is 15.7 Å². The molecule has 2 heterocycles. The van der Waals surface area contributed by atoms with E-state index in [2.05, 4.69) is 20.0 Å². The van der Waals surface area contributed by atoms with Crippen LogP contribution in [0.2, 0.25) is 0 Å². The first kappa shape index (κ1) is 24.0. The van der Waals surface area contributed by atoms with E-state index < -0.39 is 29.9 Å². The molecule has 0 spiro atoms. The molecular weight excluding hydrogens is 442 g/mol. The number of alkyl halides is 3. The highest BCUT2D eigenvalue weighted by Crippen LogP contribution is 2.40. The molecule has 174 valence electrons. The molecule has 1 aliphatic carbocycles. The third-order valence-electron chi connectivity index (χ3n) is 4.50. The number of nitrogens with zero attached hydrogens (tertiary/aromatic N) is 4. The lowest BCUT2D eigenvalue weighted by atomic mass is 10.1. The molecule has 11 heteroatoms. The molecule has 3 rings (SSSR count). The van der Waals surface area contributed by atoms with Crippen LogP contribution >= 0.6 is 0 Å². The third kappa shape index (κ3) is 6.67. The predicted molar refractivity (Wildman–Crippen MR) is 114 cm³/mol. The summed E-state index contributed by atoms with van der Waals surface area (Å²) in [4.78, 5) is 27.3. The van der Waals surface area contributed by atoms with Crippen molar-refractivity contribution in [2.24, 2.45) is 15.7 Å². The molecule has 1 aliphatic rings. The number of nitrogens with two attached hydrogens (primary N) is 1. The number of rotatable bonds is 7. The quantitative estimate of drug-likeness (QED) is 0.165. The molecule has 0 saturated heterocycles. The van der Waals surface area contributed by atoms with E-state index in [9.17, 15) is 22.4 Å². The van der Waals surface area contributed by atoms with Crippen molar-refractivity contribution in [1.29, 1.82) is 0 Å². The van der Waals surface area contributed by atoms with Gasteiger partial charge in [0.1, 0.15) is 17.9 Å². The van der Waals surface area contributed by atoms with Crippen LogP contribution in [0.4, 0.5) is 17.6 Å². The van der Waals surface area contributed by atoms with E-state index in [0.29, 0.717) is 5.69 Å². The Labute approximate surface area is 187 Å². The molecule has 0 aliphatic heterocycles. The van der Waals surface area contributed by atoms with Crippen molar-refractivity contribution in [1.82, 2.24) is 9.97 Å². The number of amidine groups is 1. The molecule has 0 unspecified atom stereocenters. The first-order chi connectivity index (χ1) is 15.5. The zero-order chi connectivity index (χ0) is 24.2. The Balaban J connectivity index is 1.87. The maximum atomic E-state index is 13.2. The summed E-state index contributed by atoms with van der Waals surface area (Å²) in [6.45, 7) is 3.32. The average Bonchev–Trinajstić information content (AvgIpc) is 3.58. The van der Waals surface area contributed by atoms with E-state index >= 15 is 0 Å². The lowest BCUT2D eigenvalue weighted by Crippen LogP contribution is -2.17. The van der Waals surface area contributed by atoms with Crippen molar-refractivity contribution < 1.29 is 27.1 Å². The highest BCUT2D eigenvalue weighted by Gasteiger charge is 2.35. The number of ether oxygens (including phenoxy) is 1. The van der Waals surface area contributed by atoms with Gasteiger partial charge in [-0.3, -0.25) is 0 Å². The lowest BCUT2D eigenvalue weighted by molar-refractivity contribution is -0.141. The number of hydrogen-bond donors (Lipinski definition) is 1. The van der Waals surface area contributed by atoms with Gasteiger partial charge in [-0.15, -0.1) is 0 Å². The van der Waals surface area contributed by atoms with Gasteiger partial charge in [-0.2, -0.15) is 17.6 Å². The topological polar surface area (TPSA) is 103 Å². The summed E-state index contributed by atoms with van der Waals surface area (Å²) in [7, 11) is 0. The van der Waals surface area contributed by atoms with Gasteiger partial charge in [0.2, 0.25) is 5.95 Å². The van der Waals surface area contributed by atoms with Crippen LogP contribution in [0.5, 0.6) is 0 Å². The van der Waals surface area contributed by atoms with Gasteiger partial charge in [0.15, 0.2) is 0 Å². The normalized spacial score (nSPS) is 15.4. The second-order valence-electron chi connectivity index (χ2n) is 7.58. The Morgan fingerprint density at radius 3 is 2.55 bits per heavy atom. The van der Waals surface area contributed by atoms with Gasteiger partial charge in [-0.05, 0) is 51.0 Å². The van der Waals surface area contributed by atoms with Gasteiger partial charge in [0, 0.05) is 35.1 Å². The molecule has 2 N–H and O–H groups in total. The van der Waals surface area contributed by atoms with Gasteiger partial charge in [-0.25, -0.2) is 24.7 Å². The number of hydrogen-bond acceptors (Lipinski definition) is 5. The second kappa shape index (κ2) is 9.88. The second-order valence-corrected chi connectivity index (χ2v) is 7.58. The molecular formula is C22H21F4N5O2. The fourth-order valence-electron chi connectivity index (χ4n) is 2.77. The smallest absolute Gasteiger partial charge is 0.433 e. The monoisotopic (exact) mass is 463 g/mol. The summed E-state index contributed by atoms with van der Waals surface area (Å²) < 4.78 is 57.9. The van der Waals surface area contributed by atoms with Crippen LogP contribution in [0.1, 0.15) is 55.1 Å². The summed E-state index contributed by atoms with van der Waals surface area (Å²) >= 11 is 0. The van der Waals surface area contributed by atoms with E-state index in [-0.39, 0.29) is 28.5 Å². The summed E-state index contributed by atoms with van der Waals surface area (Å²) in [5.41, 5.74) is 5.45. The number of halogens is 4. The fourth-order valence-corrected chi connectivity index (χ4v) is 2.77. The third-order valence-corrected chi connectivity index (χ3v) is 4.50. The highest BCUT2D eigenvalue weighted by atomic mass is 19.4. The number of aliphatic imine (C=N–C) groups is 2. The van der Waals surface area contributed by atoms with Gasteiger partial charge < -0.3 is 10.5 Å². The number of aromatic nitrogens is 2. The minimum Gasteiger partial charge on any atom is -0.459 e. The van der Waals surface area contributed by atoms with Crippen LogP contribution in [0.15, 0.2) is 46.6 Å². The van der Waals surface area contributed by atoms with E-state index in [1.54, 1.807) is 13.8 Å². The Morgan fingerprint density at radius 2 is 1.97 bits per heavy atom. The number of pyridine rings is 2. The van der Waals surface area contributed by atoms with E-state index in [1.165, 1.54) is 12.1 Å². The van der Waals surface area contributed by atoms with Crippen molar-refractivity contribution in [2.45, 2.75) is 44.9 Å². The standard InChI is InChI=1S/C22H21F4N5O2/c1-12(2)33-21(32)16(14-5-6-19(23)29-9-14)10-28-11-30-20(27)15-7-17(13-3-4-13)31-18(8-15)22(24,25)26/h5-13H,3-4H2,1-2H3,(H2,27,28,30)/b16-10+. The molecule has 0 aromatic carbocycles. The maximum absolute atomic E-state index is 13.2. The zero-order valence-corrected chi connectivity index (χ0v) is 17.8. The van der Waals surface area contributed by atoms with Gasteiger partial charge in [0.25, 0.3) is 0 Å². The van der Waals surface area contributed by atoms with Crippen LogP contribution in [0.25, 0.3) is 5.57 Å². The van der Waals surface area contributed by atoms with Crippen LogP contribution in [0, 0.1) is 5.95 Å². The number of carbonyl (C=O) groups excluding carboxylic acids is 1. The van der Waals surface area contributed by atoms with Crippen molar-refractivity contribution in [3.63, 3.8) is 0 Å². The van der Waals surface area contributed by atoms with Crippen LogP contribution in [-0.4, -0.2) is 34.2 Å². The summed E-state index contributed by atoms with van der Waals surface area (Å²) in [5.74, 6) is -1.66. The Hall–Kier alpha value is -3.63. The van der Waals surface area contributed by atoms with Crippen LogP contribution in [0.3, 0.4) is 0 Å². The minimum absolute atomic E-state index is 0.0134. The maximum Gasteiger partial charge on any atom is 0.433 e. The molecule has 0 radical (unpaired) electrons. The highest BCUT2D eigenvalue weighted by molar-refractivity contribution is 6.16. The summed E-state index contributed by atoms with van der Waals surface area (Å²) in [6.07, 6.45) is -0.243. The zero-order valence-electron chi connectivity index (χ0n) is 17.8. The van der Waals surface area contributed by atoms with Crippen molar-refractivity contribution >= 4 is 23.7 Å². The Morgan fingerprint density at radius 1 is 1.24 bits per heavy atom. The molecule has 1 fully saturated rings. The molecule has 0 atom stereocenters. The largest absolute Gasteiger partial charge is 0.459 e. The molecule has 0 bridgehead atoms. The van der Waals surface area contributed by atoms with E-state index in [1.807, 2.05) is 0 Å². The van der Waals surface area contributed by atoms with Gasteiger partial charge in [0.05, 0.1) is 11.7 Å². The predicted octanol–water partition coefficient (Wildman–Crippen LogP) is 4.24. The minimum atomic E-state index is -4.62. The fraction of sp³-hybridized carbons (Fsp3) is 0.318. The Kier molecular flexibility index (Phi) is 7.19. The van der Waals surface area contributed by atoms with Crippen molar-refractivity contribution in [3.8, 4) is 0 Å². The molecule has 0 amide bonds. The Bertz CT molecular complexity index is 1100. The van der Waals surface area contributed by atoms with Gasteiger partial charge in [-0.1, -0.05) is 0 Å². The van der Waals surface area contributed by atoms with Crippen molar-refractivity contribution in [2.75, 3.05) is 0 Å². The van der Waals surface area contributed by atoms with E-state index in [4.69, 9.17) is 10.5 Å². The first-order valence-electron chi connectivity index (χ1n) is 10.0. The first-order valence-corrected chi connectivity index (χ1v) is 10.0. The summed E-state index contributed by atoms with van der Waals surface area (Å²) in [5, 5.41) is 0. The number of esters is 1. The van der Waals surface area contributed by atoms with Gasteiger partial charge >= 0.3 is 12.1 Å². The molecule has 7 nitrogen and oxygen atoms in total. The van der Waals surface area contributed by atoms with Crippen molar-refractivity contribution in [3.05, 3.63) is 65.1 Å². The van der Waals surface area contributed by atoms with E-state index in [0.717, 1.165) is 43.7 Å².